The number of halogens is 1. The van der Waals surface area contributed by atoms with Gasteiger partial charge in [0, 0.05) is 11.2 Å². The molecular formula is C11H12ClN3O. The summed E-state index contributed by atoms with van der Waals surface area (Å²) in [5, 5.41) is 4.72. The number of rotatable bonds is 4. The number of hydrogen-bond acceptors (Lipinski definition) is 3. The number of aromatic nitrogens is 2. The van der Waals surface area contributed by atoms with Crippen molar-refractivity contribution < 1.29 is 4.74 Å². The Balaban J connectivity index is 1.84. The molecule has 4 nitrogen and oxygen atoms in total. The van der Waals surface area contributed by atoms with E-state index in [1.165, 1.54) is 0 Å². The Morgan fingerprint density at radius 1 is 1.38 bits per heavy atom. The summed E-state index contributed by atoms with van der Waals surface area (Å²) in [6, 6.07) is 9.05. The predicted molar refractivity (Wildman–Crippen MR) is 63.6 cm³/mol. The molecule has 1 aromatic heterocycles. The SMILES string of the molecule is Nc1ccn(CCOc2cccc(Cl)c2)n1. The first-order valence-electron chi connectivity index (χ1n) is 4.91. The third-order valence-corrected chi connectivity index (χ3v) is 2.28. The van der Waals surface area contributed by atoms with E-state index in [0.29, 0.717) is 24.0 Å². The first-order chi connectivity index (χ1) is 7.74. The number of benzene rings is 1. The van der Waals surface area contributed by atoms with E-state index in [1.807, 2.05) is 24.4 Å². The van der Waals surface area contributed by atoms with Gasteiger partial charge in [-0.3, -0.25) is 4.68 Å². The van der Waals surface area contributed by atoms with Crippen LogP contribution in [0.2, 0.25) is 5.02 Å². The molecule has 0 bridgehead atoms. The molecule has 0 aliphatic carbocycles. The first-order valence-corrected chi connectivity index (χ1v) is 5.29. The molecule has 0 amide bonds. The highest BCUT2D eigenvalue weighted by atomic mass is 35.5. The highest BCUT2D eigenvalue weighted by molar-refractivity contribution is 6.30. The smallest absolute Gasteiger partial charge is 0.145 e. The van der Waals surface area contributed by atoms with Gasteiger partial charge in [-0.1, -0.05) is 17.7 Å². The van der Waals surface area contributed by atoms with Crippen molar-refractivity contribution in [1.29, 1.82) is 0 Å². The highest BCUT2D eigenvalue weighted by Gasteiger charge is 1.97. The van der Waals surface area contributed by atoms with E-state index < -0.39 is 0 Å². The zero-order chi connectivity index (χ0) is 11.4. The summed E-state index contributed by atoms with van der Waals surface area (Å²) in [6.45, 7) is 1.19. The molecule has 2 rings (SSSR count). The monoisotopic (exact) mass is 237 g/mol. The van der Waals surface area contributed by atoms with Crippen LogP contribution in [-0.2, 0) is 6.54 Å². The second-order valence-electron chi connectivity index (χ2n) is 3.31. The highest BCUT2D eigenvalue weighted by Crippen LogP contribution is 2.16. The Hall–Kier alpha value is -1.68. The summed E-state index contributed by atoms with van der Waals surface area (Å²) in [5.74, 6) is 1.27. The molecule has 1 aromatic carbocycles. The summed E-state index contributed by atoms with van der Waals surface area (Å²) in [7, 11) is 0. The molecule has 0 fully saturated rings. The van der Waals surface area contributed by atoms with E-state index in [2.05, 4.69) is 5.10 Å². The Kier molecular flexibility index (Phi) is 3.31. The minimum atomic E-state index is 0.516. The molecule has 0 spiro atoms. The summed E-state index contributed by atoms with van der Waals surface area (Å²) in [4.78, 5) is 0. The second-order valence-corrected chi connectivity index (χ2v) is 3.75. The molecule has 0 aliphatic rings. The molecule has 0 saturated carbocycles. The average Bonchev–Trinajstić information content (AvgIpc) is 2.64. The number of nitrogen functional groups attached to an aromatic ring is 1. The van der Waals surface area contributed by atoms with Crippen LogP contribution in [0.3, 0.4) is 0 Å². The van der Waals surface area contributed by atoms with Crippen LogP contribution in [0.4, 0.5) is 5.82 Å². The van der Waals surface area contributed by atoms with Crippen molar-refractivity contribution in [3.05, 3.63) is 41.6 Å². The number of nitrogens with two attached hydrogens (primary N) is 1. The Morgan fingerprint density at radius 3 is 2.94 bits per heavy atom. The Morgan fingerprint density at radius 2 is 2.25 bits per heavy atom. The third kappa shape index (κ3) is 2.90. The van der Waals surface area contributed by atoms with Gasteiger partial charge < -0.3 is 10.5 Å². The largest absolute Gasteiger partial charge is 0.492 e. The van der Waals surface area contributed by atoms with E-state index in [1.54, 1.807) is 16.8 Å². The lowest BCUT2D eigenvalue weighted by atomic mass is 10.3. The third-order valence-electron chi connectivity index (χ3n) is 2.05. The van der Waals surface area contributed by atoms with Crippen molar-refractivity contribution in [3.63, 3.8) is 0 Å². The maximum atomic E-state index is 5.83. The molecule has 0 saturated heterocycles. The summed E-state index contributed by atoms with van der Waals surface area (Å²) >= 11 is 5.83. The van der Waals surface area contributed by atoms with Crippen LogP contribution < -0.4 is 10.5 Å². The van der Waals surface area contributed by atoms with Gasteiger partial charge in [0.25, 0.3) is 0 Å². The standard InChI is InChI=1S/C11H12ClN3O/c12-9-2-1-3-10(8-9)16-7-6-15-5-4-11(13)14-15/h1-5,8H,6-7H2,(H2,13,14). The van der Waals surface area contributed by atoms with Gasteiger partial charge in [-0.15, -0.1) is 0 Å². The molecule has 0 aliphatic heterocycles. The van der Waals surface area contributed by atoms with E-state index in [-0.39, 0.29) is 0 Å². The number of hydrogen-bond donors (Lipinski definition) is 1. The fourth-order valence-corrected chi connectivity index (χ4v) is 1.50. The van der Waals surface area contributed by atoms with Gasteiger partial charge in [0.15, 0.2) is 0 Å². The molecule has 0 unspecified atom stereocenters. The van der Waals surface area contributed by atoms with Crippen LogP contribution in [0.5, 0.6) is 5.75 Å². The zero-order valence-corrected chi connectivity index (χ0v) is 9.39. The van der Waals surface area contributed by atoms with Crippen LogP contribution >= 0.6 is 11.6 Å². The van der Waals surface area contributed by atoms with Crippen molar-refractivity contribution >= 4 is 17.4 Å². The predicted octanol–water partition coefficient (Wildman–Crippen LogP) is 2.20. The topological polar surface area (TPSA) is 53.1 Å². The van der Waals surface area contributed by atoms with Gasteiger partial charge in [0.1, 0.15) is 18.2 Å². The Labute approximate surface area is 98.6 Å². The van der Waals surface area contributed by atoms with Crippen molar-refractivity contribution in [3.8, 4) is 5.75 Å². The summed E-state index contributed by atoms with van der Waals surface area (Å²) in [5.41, 5.74) is 5.49. The van der Waals surface area contributed by atoms with Crippen LogP contribution in [0.15, 0.2) is 36.5 Å². The quantitative estimate of drug-likeness (QED) is 0.887. The van der Waals surface area contributed by atoms with Crippen LogP contribution in [0.25, 0.3) is 0 Å². The zero-order valence-electron chi connectivity index (χ0n) is 8.64. The van der Waals surface area contributed by atoms with E-state index in [9.17, 15) is 0 Å². The molecule has 1 heterocycles. The van der Waals surface area contributed by atoms with Gasteiger partial charge in [0.2, 0.25) is 0 Å². The normalized spacial score (nSPS) is 10.3. The first kappa shape index (κ1) is 10.8. The Bertz CT molecular complexity index is 470. The number of nitrogens with zero attached hydrogens (tertiary/aromatic N) is 2. The van der Waals surface area contributed by atoms with Crippen LogP contribution in [0, 0.1) is 0 Å². The maximum Gasteiger partial charge on any atom is 0.145 e. The fraction of sp³-hybridized carbons (Fsp3) is 0.182. The molecule has 2 aromatic rings. The van der Waals surface area contributed by atoms with Gasteiger partial charge in [0.05, 0.1) is 6.54 Å². The van der Waals surface area contributed by atoms with E-state index in [4.69, 9.17) is 22.1 Å². The van der Waals surface area contributed by atoms with Crippen LogP contribution in [-0.4, -0.2) is 16.4 Å². The summed E-state index contributed by atoms with van der Waals surface area (Å²) < 4.78 is 7.25. The minimum absolute atomic E-state index is 0.516. The van der Waals surface area contributed by atoms with Crippen molar-refractivity contribution in [2.75, 3.05) is 12.3 Å². The van der Waals surface area contributed by atoms with Gasteiger partial charge in [-0.25, -0.2) is 0 Å². The summed E-state index contributed by atoms with van der Waals surface area (Å²) in [6.07, 6.45) is 1.82. The average molecular weight is 238 g/mol. The van der Waals surface area contributed by atoms with E-state index in [0.717, 1.165) is 5.75 Å². The molecule has 0 atom stereocenters. The van der Waals surface area contributed by atoms with Gasteiger partial charge in [-0.05, 0) is 24.3 Å². The lowest BCUT2D eigenvalue weighted by molar-refractivity contribution is 0.291. The minimum Gasteiger partial charge on any atom is -0.492 e. The molecular weight excluding hydrogens is 226 g/mol. The maximum absolute atomic E-state index is 5.83. The molecule has 2 N–H and O–H groups in total. The molecule has 16 heavy (non-hydrogen) atoms. The van der Waals surface area contributed by atoms with Crippen molar-refractivity contribution in [1.82, 2.24) is 9.78 Å². The van der Waals surface area contributed by atoms with E-state index >= 15 is 0 Å². The molecule has 84 valence electrons. The molecule has 5 heteroatoms. The fourth-order valence-electron chi connectivity index (χ4n) is 1.32. The lowest BCUT2D eigenvalue weighted by Crippen LogP contribution is -2.08. The number of anilines is 1. The molecule has 0 radical (unpaired) electrons. The van der Waals surface area contributed by atoms with Crippen molar-refractivity contribution in [2.45, 2.75) is 6.54 Å². The van der Waals surface area contributed by atoms with Crippen LogP contribution in [0.1, 0.15) is 0 Å². The second kappa shape index (κ2) is 4.90. The lowest BCUT2D eigenvalue weighted by Gasteiger charge is -2.06. The van der Waals surface area contributed by atoms with Gasteiger partial charge >= 0.3 is 0 Å². The van der Waals surface area contributed by atoms with Gasteiger partial charge in [-0.2, -0.15) is 5.10 Å². The number of ether oxygens (including phenoxy) is 1. The van der Waals surface area contributed by atoms with Crippen molar-refractivity contribution in [2.24, 2.45) is 0 Å².